The summed E-state index contributed by atoms with van der Waals surface area (Å²) >= 11 is 0. The van der Waals surface area contributed by atoms with Gasteiger partial charge in [-0.15, -0.1) is 0 Å². The highest BCUT2D eigenvalue weighted by atomic mass is 32.2. The first-order valence-corrected chi connectivity index (χ1v) is 8.76. The molecule has 0 aliphatic carbocycles. The van der Waals surface area contributed by atoms with E-state index in [9.17, 15) is 13.2 Å². The molecule has 0 radical (unpaired) electrons. The molecule has 0 bridgehead atoms. The van der Waals surface area contributed by atoms with Crippen LogP contribution in [0.15, 0.2) is 59.5 Å². The van der Waals surface area contributed by atoms with Crippen LogP contribution in [-0.2, 0) is 14.8 Å². The molecule has 0 aliphatic heterocycles. The maximum absolute atomic E-state index is 12.1. The normalized spacial score (nSPS) is 11.2. The van der Waals surface area contributed by atoms with Gasteiger partial charge in [0, 0.05) is 25.7 Å². The van der Waals surface area contributed by atoms with Crippen LogP contribution in [0.4, 0.5) is 5.69 Å². The smallest absolute Gasteiger partial charge is 0.240 e. The van der Waals surface area contributed by atoms with Gasteiger partial charge in [0.25, 0.3) is 0 Å². The molecule has 0 heterocycles. The molecule has 0 aliphatic rings. The number of amides is 1. The Morgan fingerprint density at radius 1 is 1.04 bits per heavy atom. The Balaban J connectivity index is 1.91. The average Bonchev–Trinajstić information content (AvgIpc) is 2.55. The van der Waals surface area contributed by atoms with Crippen LogP contribution >= 0.6 is 0 Å². The summed E-state index contributed by atoms with van der Waals surface area (Å²) in [5.74, 6) is -0.150. The highest BCUT2D eigenvalue weighted by Crippen LogP contribution is 2.12. The number of anilines is 1. The summed E-state index contributed by atoms with van der Waals surface area (Å²) < 4.78 is 26.7. The SMILES string of the molecule is Cc1ccc(S(=O)(=O)NCCC(=O)N(C)c2ccccc2)cc1. The van der Waals surface area contributed by atoms with Crippen molar-refractivity contribution in [1.29, 1.82) is 0 Å². The van der Waals surface area contributed by atoms with Crippen molar-refractivity contribution in [3.05, 3.63) is 60.2 Å². The van der Waals surface area contributed by atoms with E-state index in [1.165, 1.54) is 4.90 Å². The van der Waals surface area contributed by atoms with Crippen LogP contribution in [0.1, 0.15) is 12.0 Å². The lowest BCUT2D eigenvalue weighted by atomic mass is 10.2. The lowest BCUT2D eigenvalue weighted by molar-refractivity contribution is -0.118. The molecular weight excluding hydrogens is 312 g/mol. The minimum atomic E-state index is -3.58. The number of rotatable bonds is 6. The van der Waals surface area contributed by atoms with Crippen LogP contribution < -0.4 is 9.62 Å². The van der Waals surface area contributed by atoms with Crippen molar-refractivity contribution in [1.82, 2.24) is 4.72 Å². The van der Waals surface area contributed by atoms with Crippen molar-refractivity contribution in [2.45, 2.75) is 18.2 Å². The van der Waals surface area contributed by atoms with Gasteiger partial charge in [0.05, 0.1) is 4.90 Å². The second kappa shape index (κ2) is 7.39. The van der Waals surface area contributed by atoms with E-state index in [4.69, 9.17) is 0 Å². The molecule has 2 aromatic carbocycles. The van der Waals surface area contributed by atoms with Gasteiger partial charge in [-0.25, -0.2) is 13.1 Å². The van der Waals surface area contributed by atoms with E-state index in [0.29, 0.717) is 0 Å². The molecule has 1 amide bonds. The Bertz CT molecular complexity index is 756. The van der Waals surface area contributed by atoms with Gasteiger partial charge in [-0.2, -0.15) is 0 Å². The number of sulfonamides is 1. The average molecular weight is 332 g/mol. The van der Waals surface area contributed by atoms with Gasteiger partial charge in [0.15, 0.2) is 0 Å². The first-order valence-electron chi connectivity index (χ1n) is 7.28. The molecule has 0 saturated carbocycles. The molecule has 6 heteroatoms. The number of nitrogens with one attached hydrogen (secondary N) is 1. The van der Waals surface area contributed by atoms with Crippen molar-refractivity contribution < 1.29 is 13.2 Å². The molecule has 1 N–H and O–H groups in total. The number of aryl methyl sites for hydroxylation is 1. The van der Waals surface area contributed by atoms with Crippen molar-refractivity contribution in [3.63, 3.8) is 0 Å². The summed E-state index contributed by atoms with van der Waals surface area (Å²) in [6.45, 7) is 1.95. The molecule has 0 aromatic heterocycles. The quantitative estimate of drug-likeness (QED) is 0.883. The van der Waals surface area contributed by atoms with Gasteiger partial charge in [-0.1, -0.05) is 35.9 Å². The Morgan fingerprint density at radius 3 is 2.26 bits per heavy atom. The number of para-hydroxylation sites is 1. The Kier molecular flexibility index (Phi) is 5.52. The topological polar surface area (TPSA) is 66.5 Å². The van der Waals surface area contributed by atoms with Crippen LogP contribution in [0.25, 0.3) is 0 Å². The lowest BCUT2D eigenvalue weighted by Crippen LogP contribution is -2.32. The zero-order valence-corrected chi connectivity index (χ0v) is 14.0. The minimum absolute atomic E-state index is 0.0617. The van der Waals surface area contributed by atoms with Gasteiger partial charge in [0.1, 0.15) is 0 Å². The molecule has 0 atom stereocenters. The third kappa shape index (κ3) is 4.64. The van der Waals surface area contributed by atoms with E-state index in [2.05, 4.69) is 4.72 Å². The van der Waals surface area contributed by atoms with Crippen LogP contribution in [0.3, 0.4) is 0 Å². The Morgan fingerprint density at radius 2 is 1.65 bits per heavy atom. The van der Waals surface area contributed by atoms with Gasteiger partial charge in [-0.05, 0) is 31.2 Å². The fourth-order valence-corrected chi connectivity index (χ4v) is 3.09. The summed E-state index contributed by atoms with van der Waals surface area (Å²) in [6, 6.07) is 15.8. The maximum Gasteiger partial charge on any atom is 0.240 e. The van der Waals surface area contributed by atoms with Gasteiger partial charge < -0.3 is 4.90 Å². The van der Waals surface area contributed by atoms with Crippen LogP contribution in [-0.4, -0.2) is 27.9 Å². The molecule has 0 saturated heterocycles. The fraction of sp³-hybridized carbons (Fsp3) is 0.235. The third-order valence-corrected chi connectivity index (χ3v) is 4.96. The molecular formula is C17H20N2O3S. The summed E-state index contributed by atoms with van der Waals surface area (Å²) in [6.07, 6.45) is 0.0937. The molecule has 122 valence electrons. The van der Waals surface area contributed by atoms with Crippen molar-refractivity contribution in [2.75, 3.05) is 18.5 Å². The number of hydrogen-bond donors (Lipinski definition) is 1. The Labute approximate surface area is 137 Å². The highest BCUT2D eigenvalue weighted by Gasteiger charge is 2.15. The van der Waals surface area contributed by atoms with E-state index in [1.54, 1.807) is 31.3 Å². The van der Waals surface area contributed by atoms with Crippen molar-refractivity contribution in [3.8, 4) is 0 Å². The summed E-state index contributed by atoms with van der Waals surface area (Å²) in [5, 5.41) is 0. The monoisotopic (exact) mass is 332 g/mol. The molecule has 0 unspecified atom stereocenters. The number of benzene rings is 2. The van der Waals surface area contributed by atoms with Crippen molar-refractivity contribution in [2.24, 2.45) is 0 Å². The predicted octanol–water partition coefficient (Wildman–Crippen LogP) is 2.33. The van der Waals surface area contributed by atoms with Gasteiger partial charge >= 0.3 is 0 Å². The van der Waals surface area contributed by atoms with E-state index >= 15 is 0 Å². The molecule has 0 fully saturated rings. The highest BCUT2D eigenvalue weighted by molar-refractivity contribution is 7.89. The number of carbonyl (C=O) groups excluding carboxylic acids is 1. The number of carbonyl (C=O) groups is 1. The van der Waals surface area contributed by atoms with E-state index in [-0.39, 0.29) is 23.8 Å². The van der Waals surface area contributed by atoms with Crippen molar-refractivity contribution >= 4 is 21.6 Å². The van der Waals surface area contributed by atoms with Gasteiger partial charge in [0.2, 0.25) is 15.9 Å². The molecule has 2 aromatic rings. The number of nitrogens with zero attached hydrogens (tertiary/aromatic N) is 1. The van der Waals surface area contributed by atoms with Crippen LogP contribution in [0.5, 0.6) is 0 Å². The van der Waals surface area contributed by atoms with E-state index < -0.39 is 10.0 Å². The van der Waals surface area contributed by atoms with E-state index in [0.717, 1.165) is 11.3 Å². The first kappa shape index (κ1) is 17.2. The lowest BCUT2D eigenvalue weighted by Gasteiger charge is -2.17. The standard InChI is InChI=1S/C17H20N2O3S/c1-14-8-10-16(11-9-14)23(21,22)18-13-12-17(20)19(2)15-6-4-3-5-7-15/h3-11,18H,12-13H2,1-2H3. The first-order chi connectivity index (χ1) is 10.9. The summed E-state index contributed by atoms with van der Waals surface area (Å²) in [5.41, 5.74) is 1.77. The minimum Gasteiger partial charge on any atom is -0.315 e. The van der Waals surface area contributed by atoms with Crippen LogP contribution in [0.2, 0.25) is 0 Å². The zero-order chi connectivity index (χ0) is 16.9. The largest absolute Gasteiger partial charge is 0.315 e. The van der Waals surface area contributed by atoms with Crippen LogP contribution in [0, 0.1) is 6.92 Å². The predicted molar refractivity (Wildman–Crippen MR) is 90.8 cm³/mol. The second-order valence-corrected chi connectivity index (χ2v) is 7.02. The van der Waals surface area contributed by atoms with Gasteiger partial charge in [-0.3, -0.25) is 4.79 Å². The summed E-state index contributed by atoms with van der Waals surface area (Å²) in [7, 11) is -1.91. The Hall–Kier alpha value is -2.18. The second-order valence-electron chi connectivity index (χ2n) is 5.25. The maximum atomic E-state index is 12.1. The van der Waals surface area contributed by atoms with E-state index in [1.807, 2.05) is 37.3 Å². The molecule has 0 spiro atoms. The third-order valence-electron chi connectivity index (χ3n) is 3.48. The molecule has 2 rings (SSSR count). The summed E-state index contributed by atoms with van der Waals surface area (Å²) in [4.78, 5) is 13.8. The molecule has 5 nitrogen and oxygen atoms in total. The zero-order valence-electron chi connectivity index (χ0n) is 13.2. The number of hydrogen-bond acceptors (Lipinski definition) is 3. The fourth-order valence-electron chi connectivity index (χ4n) is 2.06. The molecule has 23 heavy (non-hydrogen) atoms.